The van der Waals surface area contributed by atoms with E-state index in [1.54, 1.807) is 12.1 Å². The van der Waals surface area contributed by atoms with Gasteiger partial charge in [0.15, 0.2) is 11.6 Å². The van der Waals surface area contributed by atoms with E-state index in [1.165, 1.54) is 50.2 Å². The van der Waals surface area contributed by atoms with Crippen LogP contribution < -0.4 is 4.74 Å². The summed E-state index contributed by atoms with van der Waals surface area (Å²) in [6.07, 6.45) is 9.62. The van der Waals surface area contributed by atoms with Gasteiger partial charge in [0.05, 0.1) is 5.56 Å². The first-order chi connectivity index (χ1) is 14.0. The predicted octanol–water partition coefficient (Wildman–Crippen LogP) is 6.67. The van der Waals surface area contributed by atoms with E-state index in [9.17, 15) is 13.6 Å². The van der Waals surface area contributed by atoms with Crippen LogP contribution in [0.1, 0.15) is 60.4 Å². The van der Waals surface area contributed by atoms with Crippen molar-refractivity contribution in [1.82, 2.24) is 0 Å². The summed E-state index contributed by atoms with van der Waals surface area (Å²) in [6, 6.07) is 10.6. The summed E-state index contributed by atoms with van der Waals surface area (Å²) >= 11 is 0. The second-order valence-corrected chi connectivity index (χ2v) is 8.43. The van der Waals surface area contributed by atoms with Gasteiger partial charge in [-0.05, 0) is 92.0 Å². The lowest BCUT2D eigenvalue weighted by Crippen LogP contribution is -2.29. The zero-order valence-corrected chi connectivity index (χ0v) is 16.5. The van der Waals surface area contributed by atoms with Crippen molar-refractivity contribution in [2.24, 2.45) is 17.8 Å². The highest BCUT2D eigenvalue weighted by molar-refractivity contribution is 5.91. The molecule has 4 rings (SSSR count). The van der Waals surface area contributed by atoms with Crippen LogP contribution in [0.3, 0.4) is 0 Å². The van der Waals surface area contributed by atoms with E-state index in [0.717, 1.165) is 24.0 Å². The van der Waals surface area contributed by atoms with E-state index in [4.69, 9.17) is 4.74 Å². The second kappa shape index (κ2) is 8.48. The van der Waals surface area contributed by atoms with Crippen LogP contribution in [0.4, 0.5) is 8.78 Å². The van der Waals surface area contributed by atoms with Crippen LogP contribution in [-0.2, 0) is 0 Å². The molecule has 2 aromatic rings. The lowest BCUT2D eigenvalue weighted by Gasteiger charge is -2.41. The van der Waals surface area contributed by atoms with Crippen molar-refractivity contribution in [3.8, 4) is 5.75 Å². The maximum Gasteiger partial charge on any atom is 0.343 e. The molecule has 0 radical (unpaired) electrons. The number of carbonyl (C=O) groups excluding carboxylic acids is 1. The molecule has 0 aromatic heterocycles. The van der Waals surface area contributed by atoms with Crippen LogP contribution in [0.5, 0.6) is 5.75 Å². The van der Waals surface area contributed by atoms with Gasteiger partial charge in [-0.2, -0.15) is 0 Å². The molecule has 0 aliphatic heterocycles. The molecule has 2 aromatic carbocycles. The van der Waals surface area contributed by atoms with Crippen LogP contribution in [0, 0.1) is 29.4 Å². The smallest absolute Gasteiger partial charge is 0.343 e. The van der Waals surface area contributed by atoms with Crippen LogP contribution in [0.2, 0.25) is 0 Å². The number of hydrogen-bond acceptors (Lipinski definition) is 2. The van der Waals surface area contributed by atoms with Gasteiger partial charge in [-0.25, -0.2) is 13.6 Å². The number of halogens is 2. The van der Waals surface area contributed by atoms with Crippen molar-refractivity contribution in [2.75, 3.05) is 0 Å². The van der Waals surface area contributed by atoms with Crippen LogP contribution in [-0.4, -0.2) is 5.97 Å². The zero-order chi connectivity index (χ0) is 20.4. The van der Waals surface area contributed by atoms with Gasteiger partial charge >= 0.3 is 5.97 Å². The lowest BCUT2D eigenvalue weighted by molar-refractivity contribution is 0.0734. The Morgan fingerprint density at radius 3 is 2.38 bits per heavy atom. The van der Waals surface area contributed by atoms with E-state index in [2.05, 4.69) is 12.7 Å². The Labute approximate surface area is 170 Å². The third-order valence-corrected chi connectivity index (χ3v) is 6.71. The number of fused-ring (bicyclic) bond motifs is 1. The molecule has 2 saturated carbocycles. The molecule has 0 amide bonds. The Kier molecular flexibility index (Phi) is 5.79. The summed E-state index contributed by atoms with van der Waals surface area (Å²) in [6.45, 7) is 3.97. The topological polar surface area (TPSA) is 26.3 Å². The summed E-state index contributed by atoms with van der Waals surface area (Å²) < 4.78 is 31.4. The molecule has 0 bridgehead atoms. The van der Waals surface area contributed by atoms with E-state index in [0.29, 0.717) is 17.4 Å². The molecule has 0 spiro atoms. The van der Waals surface area contributed by atoms with Gasteiger partial charge in [0.1, 0.15) is 5.75 Å². The number of carbonyl (C=O) groups is 1. The summed E-state index contributed by atoms with van der Waals surface area (Å²) in [4.78, 5) is 12.3. The first-order valence-corrected chi connectivity index (χ1v) is 10.4. The number of ether oxygens (including phenoxy) is 1. The Morgan fingerprint density at radius 1 is 0.931 bits per heavy atom. The van der Waals surface area contributed by atoms with Crippen molar-refractivity contribution < 1.29 is 18.3 Å². The third kappa shape index (κ3) is 4.42. The summed E-state index contributed by atoms with van der Waals surface area (Å²) in [5, 5.41) is 0. The number of hydrogen-bond donors (Lipinski definition) is 0. The highest BCUT2D eigenvalue weighted by Crippen LogP contribution is 2.47. The summed E-state index contributed by atoms with van der Waals surface area (Å²) in [5.41, 5.74) is 1.66. The fourth-order valence-corrected chi connectivity index (χ4v) is 5.04. The minimum Gasteiger partial charge on any atom is -0.423 e. The summed E-state index contributed by atoms with van der Waals surface area (Å²) in [7, 11) is 0. The minimum atomic E-state index is -1.04. The van der Waals surface area contributed by atoms with Crippen molar-refractivity contribution in [2.45, 2.75) is 44.4 Å². The molecule has 2 aliphatic carbocycles. The average molecular weight is 396 g/mol. The number of esters is 1. The lowest BCUT2D eigenvalue weighted by atomic mass is 9.64. The molecule has 0 heterocycles. The van der Waals surface area contributed by atoms with E-state index in [-0.39, 0.29) is 5.75 Å². The molecule has 152 valence electrons. The third-order valence-electron chi connectivity index (χ3n) is 6.71. The van der Waals surface area contributed by atoms with Crippen molar-refractivity contribution in [3.05, 3.63) is 77.9 Å². The first kappa shape index (κ1) is 19.8. The fraction of sp³-hybridized carbons (Fsp3) is 0.400. The SMILES string of the molecule is C=CC1CCC2CC(c3ccc(C(=O)Oc4ccc(F)c(F)c4)cc3)CCC2C1. The average Bonchev–Trinajstić information content (AvgIpc) is 2.75. The molecule has 2 nitrogen and oxygen atoms in total. The molecule has 4 atom stereocenters. The van der Waals surface area contributed by atoms with Crippen molar-refractivity contribution >= 4 is 5.97 Å². The predicted molar refractivity (Wildman–Crippen MR) is 109 cm³/mol. The monoisotopic (exact) mass is 396 g/mol. The molecule has 29 heavy (non-hydrogen) atoms. The standard InChI is InChI=1S/C25H26F2O2/c1-2-16-3-4-21-14-20(10-9-19(21)13-16)17-5-7-18(8-6-17)25(28)29-22-11-12-23(26)24(27)15-22/h2,5-8,11-12,15-16,19-21H,1,3-4,9-10,13-14H2. The Hall–Kier alpha value is -2.49. The van der Waals surface area contributed by atoms with E-state index < -0.39 is 17.6 Å². The maximum atomic E-state index is 13.3. The maximum absolute atomic E-state index is 13.3. The number of benzene rings is 2. The highest BCUT2D eigenvalue weighted by Gasteiger charge is 2.35. The van der Waals surface area contributed by atoms with Crippen molar-refractivity contribution in [3.63, 3.8) is 0 Å². The van der Waals surface area contributed by atoms with Gasteiger partial charge in [-0.1, -0.05) is 18.2 Å². The highest BCUT2D eigenvalue weighted by atomic mass is 19.2. The Bertz CT molecular complexity index is 890. The van der Waals surface area contributed by atoms with Gasteiger partial charge in [0.25, 0.3) is 0 Å². The Balaban J connectivity index is 1.38. The van der Waals surface area contributed by atoms with E-state index in [1.807, 2.05) is 12.1 Å². The molecular formula is C25H26F2O2. The minimum absolute atomic E-state index is 0.00794. The van der Waals surface area contributed by atoms with Gasteiger partial charge < -0.3 is 4.74 Å². The van der Waals surface area contributed by atoms with Gasteiger partial charge in [0.2, 0.25) is 0 Å². The normalized spacial score (nSPS) is 26.4. The zero-order valence-electron chi connectivity index (χ0n) is 16.5. The van der Waals surface area contributed by atoms with Gasteiger partial charge in [-0.15, -0.1) is 6.58 Å². The summed E-state index contributed by atoms with van der Waals surface area (Å²) in [5.74, 6) is 0.252. The first-order valence-electron chi connectivity index (χ1n) is 10.4. The number of allylic oxidation sites excluding steroid dienone is 1. The van der Waals surface area contributed by atoms with Gasteiger partial charge in [-0.3, -0.25) is 0 Å². The molecule has 4 heteroatoms. The molecule has 4 unspecified atom stereocenters. The number of rotatable bonds is 4. The van der Waals surface area contributed by atoms with Crippen LogP contribution in [0.25, 0.3) is 0 Å². The molecular weight excluding hydrogens is 370 g/mol. The molecule has 2 fully saturated rings. The van der Waals surface area contributed by atoms with Crippen molar-refractivity contribution in [1.29, 1.82) is 0 Å². The fourth-order valence-electron chi connectivity index (χ4n) is 5.04. The molecule has 0 saturated heterocycles. The second-order valence-electron chi connectivity index (χ2n) is 8.43. The molecule has 0 N–H and O–H groups in total. The Morgan fingerprint density at radius 2 is 1.66 bits per heavy atom. The quantitative estimate of drug-likeness (QED) is 0.328. The van der Waals surface area contributed by atoms with Crippen LogP contribution in [0.15, 0.2) is 55.1 Å². The largest absolute Gasteiger partial charge is 0.423 e. The van der Waals surface area contributed by atoms with Gasteiger partial charge in [0, 0.05) is 6.07 Å². The van der Waals surface area contributed by atoms with E-state index >= 15 is 0 Å². The van der Waals surface area contributed by atoms with Crippen LogP contribution >= 0.6 is 0 Å². The molecule has 2 aliphatic rings.